The molecule has 1 fully saturated rings. The third kappa shape index (κ3) is 2.92. The van der Waals surface area contributed by atoms with E-state index in [1.807, 2.05) is 24.1 Å². The van der Waals surface area contributed by atoms with Gasteiger partial charge in [0.15, 0.2) is 0 Å². The highest BCUT2D eigenvalue weighted by molar-refractivity contribution is 5.86. The molecule has 0 radical (unpaired) electrons. The molecule has 1 heterocycles. The minimum absolute atomic E-state index is 0.0321. The average Bonchev–Trinajstić information content (AvgIpc) is 2.53. The molecule has 2 aliphatic rings. The van der Waals surface area contributed by atoms with Crippen molar-refractivity contribution in [1.82, 2.24) is 4.90 Å². The Labute approximate surface area is 127 Å². The Kier molecular flexibility index (Phi) is 4.18. The first kappa shape index (κ1) is 14.4. The number of rotatable bonds is 2. The molecule has 1 aliphatic heterocycles. The van der Waals surface area contributed by atoms with E-state index in [0.717, 1.165) is 31.0 Å². The summed E-state index contributed by atoms with van der Waals surface area (Å²) in [6.07, 6.45) is 5.80. The van der Waals surface area contributed by atoms with Gasteiger partial charge >= 0.3 is 0 Å². The molecule has 21 heavy (non-hydrogen) atoms. The molecule has 1 N–H and O–H groups in total. The number of hydrogen-bond acceptors (Lipinski definition) is 2. The van der Waals surface area contributed by atoms with E-state index in [4.69, 9.17) is 0 Å². The van der Waals surface area contributed by atoms with Gasteiger partial charge in [0.1, 0.15) is 0 Å². The van der Waals surface area contributed by atoms with Gasteiger partial charge in [-0.2, -0.15) is 0 Å². The molecule has 0 spiro atoms. The van der Waals surface area contributed by atoms with Gasteiger partial charge in [0.25, 0.3) is 0 Å². The summed E-state index contributed by atoms with van der Waals surface area (Å²) in [5.41, 5.74) is 2.30. The predicted molar refractivity (Wildman–Crippen MR) is 86.5 cm³/mol. The zero-order valence-electron chi connectivity index (χ0n) is 13.1. The van der Waals surface area contributed by atoms with Gasteiger partial charge in [-0.05, 0) is 36.8 Å². The summed E-state index contributed by atoms with van der Waals surface area (Å²) in [5, 5.41) is 3.40. The van der Waals surface area contributed by atoms with Crippen molar-refractivity contribution in [2.75, 3.05) is 18.9 Å². The van der Waals surface area contributed by atoms with Gasteiger partial charge < -0.3 is 10.2 Å². The van der Waals surface area contributed by atoms with Gasteiger partial charge in [-0.25, -0.2) is 0 Å². The third-order valence-corrected chi connectivity index (χ3v) is 5.19. The predicted octanol–water partition coefficient (Wildman–Crippen LogP) is 3.62. The van der Waals surface area contributed by atoms with Crippen molar-refractivity contribution in [3.63, 3.8) is 0 Å². The minimum atomic E-state index is 0.0321. The van der Waals surface area contributed by atoms with E-state index in [1.165, 1.54) is 24.8 Å². The zero-order valence-corrected chi connectivity index (χ0v) is 13.1. The maximum Gasteiger partial charge on any atom is 0.230 e. The number of carbonyl (C=O) groups excluding carboxylic acids is 1. The number of anilines is 1. The van der Waals surface area contributed by atoms with Crippen molar-refractivity contribution in [2.45, 2.75) is 51.0 Å². The minimum Gasteiger partial charge on any atom is -0.385 e. The van der Waals surface area contributed by atoms with Gasteiger partial charge in [0, 0.05) is 25.3 Å². The van der Waals surface area contributed by atoms with E-state index in [1.54, 1.807) is 0 Å². The van der Waals surface area contributed by atoms with Crippen LogP contribution in [0.1, 0.15) is 50.5 Å². The summed E-state index contributed by atoms with van der Waals surface area (Å²) in [5.74, 6) is 1.09. The number of benzene rings is 1. The molecular weight excluding hydrogens is 260 g/mol. The summed E-state index contributed by atoms with van der Waals surface area (Å²) >= 11 is 0. The molecule has 1 amide bonds. The van der Waals surface area contributed by atoms with Crippen LogP contribution in [0.5, 0.6) is 0 Å². The van der Waals surface area contributed by atoms with Crippen LogP contribution in [0.4, 0.5) is 5.69 Å². The van der Waals surface area contributed by atoms with Crippen LogP contribution >= 0.6 is 0 Å². The van der Waals surface area contributed by atoms with Crippen molar-refractivity contribution in [3.8, 4) is 0 Å². The number of nitrogens with one attached hydrogen (secondary N) is 1. The van der Waals surface area contributed by atoms with Crippen LogP contribution in [0.2, 0.25) is 0 Å². The molecule has 3 heteroatoms. The van der Waals surface area contributed by atoms with Gasteiger partial charge in [-0.1, -0.05) is 38.0 Å². The van der Waals surface area contributed by atoms with Crippen molar-refractivity contribution < 1.29 is 4.79 Å². The topological polar surface area (TPSA) is 32.3 Å². The van der Waals surface area contributed by atoms with Crippen molar-refractivity contribution >= 4 is 11.6 Å². The Morgan fingerprint density at radius 1 is 1.24 bits per heavy atom. The lowest BCUT2D eigenvalue weighted by Crippen LogP contribution is -2.43. The molecule has 3 nitrogen and oxygen atoms in total. The largest absolute Gasteiger partial charge is 0.385 e. The molecule has 0 bridgehead atoms. The fourth-order valence-electron chi connectivity index (χ4n) is 3.90. The van der Waals surface area contributed by atoms with E-state index in [9.17, 15) is 4.79 Å². The van der Waals surface area contributed by atoms with Crippen LogP contribution < -0.4 is 5.32 Å². The maximum absolute atomic E-state index is 13.0. The number of nitrogens with zero attached hydrogens (tertiary/aromatic N) is 1. The SMILES string of the molecule is CC1CCCC(N(C)C(=O)C2CCNc3ccccc32)C1. The fraction of sp³-hybridized carbons (Fsp3) is 0.611. The van der Waals surface area contributed by atoms with Crippen LogP contribution in [-0.4, -0.2) is 30.4 Å². The Morgan fingerprint density at radius 3 is 2.86 bits per heavy atom. The molecule has 114 valence electrons. The third-order valence-electron chi connectivity index (χ3n) is 5.19. The van der Waals surface area contributed by atoms with Gasteiger partial charge in [-0.15, -0.1) is 0 Å². The van der Waals surface area contributed by atoms with Gasteiger partial charge in [0.05, 0.1) is 5.92 Å². The smallest absolute Gasteiger partial charge is 0.230 e. The molecule has 1 aromatic rings. The number of amides is 1. The van der Waals surface area contributed by atoms with Crippen molar-refractivity contribution in [2.24, 2.45) is 5.92 Å². The lowest BCUT2D eigenvalue weighted by atomic mass is 9.84. The second-order valence-electron chi connectivity index (χ2n) is 6.73. The second kappa shape index (κ2) is 6.08. The Hall–Kier alpha value is -1.51. The summed E-state index contributed by atoms with van der Waals surface area (Å²) in [6.45, 7) is 3.20. The standard InChI is InChI=1S/C18H26N2O/c1-13-6-5-7-14(12-13)20(2)18(21)16-10-11-19-17-9-4-3-8-15(16)17/h3-4,8-9,13-14,16,19H,5-7,10-12H2,1-2H3. The summed E-state index contributed by atoms with van der Waals surface area (Å²) in [7, 11) is 2.01. The first-order valence-electron chi connectivity index (χ1n) is 8.26. The normalized spacial score (nSPS) is 28.4. The Bertz CT molecular complexity index is 514. The number of carbonyl (C=O) groups is 1. The Morgan fingerprint density at radius 2 is 2.05 bits per heavy atom. The highest BCUT2D eigenvalue weighted by atomic mass is 16.2. The first-order valence-corrected chi connectivity index (χ1v) is 8.26. The van der Waals surface area contributed by atoms with Crippen molar-refractivity contribution in [3.05, 3.63) is 29.8 Å². The average molecular weight is 286 g/mol. The zero-order chi connectivity index (χ0) is 14.8. The summed E-state index contributed by atoms with van der Waals surface area (Å²) in [4.78, 5) is 15.0. The molecule has 0 saturated heterocycles. The molecule has 3 unspecified atom stereocenters. The first-order chi connectivity index (χ1) is 10.2. The molecule has 3 rings (SSSR count). The van der Waals surface area contributed by atoms with E-state index < -0.39 is 0 Å². The number of fused-ring (bicyclic) bond motifs is 1. The second-order valence-corrected chi connectivity index (χ2v) is 6.73. The lowest BCUT2D eigenvalue weighted by molar-refractivity contribution is -0.134. The van der Waals surface area contributed by atoms with E-state index in [2.05, 4.69) is 24.4 Å². The fourth-order valence-corrected chi connectivity index (χ4v) is 3.90. The molecule has 0 aromatic heterocycles. The highest BCUT2D eigenvalue weighted by Crippen LogP contribution is 2.34. The van der Waals surface area contributed by atoms with E-state index in [-0.39, 0.29) is 5.92 Å². The maximum atomic E-state index is 13.0. The monoisotopic (exact) mass is 286 g/mol. The van der Waals surface area contributed by atoms with Gasteiger partial charge in [0.2, 0.25) is 5.91 Å². The van der Waals surface area contributed by atoms with Crippen LogP contribution in [0.25, 0.3) is 0 Å². The van der Waals surface area contributed by atoms with Crippen LogP contribution in [0, 0.1) is 5.92 Å². The van der Waals surface area contributed by atoms with E-state index >= 15 is 0 Å². The van der Waals surface area contributed by atoms with E-state index in [0.29, 0.717) is 11.9 Å². The number of para-hydroxylation sites is 1. The molecule has 1 aliphatic carbocycles. The highest BCUT2D eigenvalue weighted by Gasteiger charge is 2.32. The molecular formula is C18H26N2O. The molecule has 1 aromatic carbocycles. The van der Waals surface area contributed by atoms with Gasteiger partial charge in [-0.3, -0.25) is 4.79 Å². The summed E-state index contributed by atoms with van der Waals surface area (Å²) in [6, 6.07) is 8.68. The van der Waals surface area contributed by atoms with Crippen LogP contribution in [0.15, 0.2) is 24.3 Å². The molecule has 3 atom stereocenters. The molecule has 1 saturated carbocycles. The Balaban J connectivity index is 1.76. The van der Waals surface area contributed by atoms with Crippen LogP contribution in [-0.2, 0) is 4.79 Å². The van der Waals surface area contributed by atoms with Crippen LogP contribution in [0.3, 0.4) is 0 Å². The van der Waals surface area contributed by atoms with Crippen molar-refractivity contribution in [1.29, 1.82) is 0 Å². The number of hydrogen-bond donors (Lipinski definition) is 1. The lowest BCUT2D eigenvalue weighted by Gasteiger charge is -2.37. The summed E-state index contributed by atoms with van der Waals surface area (Å²) < 4.78 is 0. The number of likely N-dealkylation sites (N-methyl/N-ethyl adjacent to an activating group) is 1. The quantitative estimate of drug-likeness (QED) is 0.900.